The number of piperazine rings is 1. The molecule has 2 amide bonds. The Kier molecular flexibility index (Phi) is 5.86. The third-order valence-corrected chi connectivity index (χ3v) is 6.20. The number of fused-ring (bicyclic) bond motifs is 1. The number of nitrogens with zero attached hydrogens (tertiary/aromatic N) is 5. The number of methoxy groups -OCH3 is 2. The molecule has 1 saturated heterocycles. The SMILES string of the molecule is COc1ccc(-c2ccnc3cc(C(=O)N4CCN(C(=O)c5ccoc5)C(C)C4)nn23)cc1OC. The van der Waals surface area contributed by atoms with Crippen LogP contribution in [0.25, 0.3) is 16.9 Å². The third-order valence-electron chi connectivity index (χ3n) is 6.20. The molecule has 0 radical (unpaired) electrons. The van der Waals surface area contributed by atoms with Crippen LogP contribution in [0, 0.1) is 0 Å². The fraction of sp³-hybridized carbons (Fsp3) is 0.280. The number of furan rings is 1. The van der Waals surface area contributed by atoms with Gasteiger partial charge in [-0.1, -0.05) is 0 Å². The van der Waals surface area contributed by atoms with E-state index < -0.39 is 0 Å². The zero-order valence-electron chi connectivity index (χ0n) is 19.7. The highest BCUT2D eigenvalue weighted by Crippen LogP contribution is 2.32. The van der Waals surface area contributed by atoms with E-state index >= 15 is 0 Å². The Morgan fingerprint density at radius 1 is 1.03 bits per heavy atom. The van der Waals surface area contributed by atoms with Gasteiger partial charge in [-0.3, -0.25) is 9.59 Å². The summed E-state index contributed by atoms with van der Waals surface area (Å²) < 4.78 is 17.4. The van der Waals surface area contributed by atoms with Crippen LogP contribution in [0.1, 0.15) is 27.8 Å². The lowest BCUT2D eigenvalue weighted by Gasteiger charge is -2.39. The van der Waals surface area contributed by atoms with Crippen LogP contribution in [-0.2, 0) is 0 Å². The standard InChI is InChI=1S/C25H25N5O5/c1-16-14-28(9-10-29(16)24(31)18-7-11-35-15-18)25(32)19-13-23-26-8-6-20(30(23)27-19)17-4-5-21(33-2)22(12-17)34-3/h4-8,11-13,15-16H,9-10,14H2,1-3H3. The zero-order chi connectivity index (χ0) is 24.5. The van der Waals surface area contributed by atoms with Gasteiger partial charge in [-0.15, -0.1) is 0 Å². The Morgan fingerprint density at radius 2 is 1.86 bits per heavy atom. The van der Waals surface area contributed by atoms with Gasteiger partial charge in [0, 0.05) is 43.5 Å². The summed E-state index contributed by atoms with van der Waals surface area (Å²) in [6.45, 7) is 3.18. The molecule has 1 unspecified atom stereocenters. The van der Waals surface area contributed by atoms with Gasteiger partial charge in [0.15, 0.2) is 22.8 Å². The van der Waals surface area contributed by atoms with E-state index in [1.54, 1.807) is 46.9 Å². The maximum atomic E-state index is 13.3. The van der Waals surface area contributed by atoms with Crippen molar-refractivity contribution in [2.45, 2.75) is 13.0 Å². The van der Waals surface area contributed by atoms with Crippen LogP contribution in [0.3, 0.4) is 0 Å². The molecule has 35 heavy (non-hydrogen) atoms. The summed E-state index contributed by atoms with van der Waals surface area (Å²) in [5.74, 6) is 0.915. The molecule has 1 fully saturated rings. The van der Waals surface area contributed by atoms with Gasteiger partial charge in [-0.2, -0.15) is 5.10 Å². The Hall–Kier alpha value is -4.34. The van der Waals surface area contributed by atoms with Crippen LogP contribution in [0.15, 0.2) is 59.5 Å². The monoisotopic (exact) mass is 475 g/mol. The van der Waals surface area contributed by atoms with E-state index in [1.807, 2.05) is 31.2 Å². The van der Waals surface area contributed by atoms with Gasteiger partial charge in [-0.25, -0.2) is 9.50 Å². The van der Waals surface area contributed by atoms with Crippen LogP contribution in [0.5, 0.6) is 11.5 Å². The Labute approximate surface area is 201 Å². The van der Waals surface area contributed by atoms with E-state index in [9.17, 15) is 9.59 Å². The van der Waals surface area contributed by atoms with Gasteiger partial charge in [0.25, 0.3) is 11.8 Å². The molecule has 0 bridgehead atoms. The van der Waals surface area contributed by atoms with Crippen molar-refractivity contribution >= 4 is 17.5 Å². The van der Waals surface area contributed by atoms with Crippen LogP contribution in [0.4, 0.5) is 0 Å². The molecule has 0 N–H and O–H groups in total. The van der Waals surface area contributed by atoms with Crippen LogP contribution in [-0.4, -0.2) is 76.1 Å². The van der Waals surface area contributed by atoms with Gasteiger partial charge in [-0.05, 0) is 37.3 Å². The normalized spacial score (nSPS) is 15.9. The van der Waals surface area contributed by atoms with Crippen molar-refractivity contribution in [1.82, 2.24) is 24.4 Å². The molecular weight excluding hydrogens is 450 g/mol. The number of benzene rings is 1. The first-order chi connectivity index (χ1) is 17.0. The van der Waals surface area contributed by atoms with Crippen molar-refractivity contribution in [2.75, 3.05) is 33.9 Å². The average Bonchev–Trinajstić information content (AvgIpc) is 3.57. The fourth-order valence-corrected chi connectivity index (χ4v) is 4.37. The Bertz CT molecular complexity index is 1380. The summed E-state index contributed by atoms with van der Waals surface area (Å²) in [6.07, 6.45) is 4.59. The topological polar surface area (TPSA) is 102 Å². The number of hydrogen-bond acceptors (Lipinski definition) is 7. The maximum absolute atomic E-state index is 13.3. The Balaban J connectivity index is 1.38. The van der Waals surface area contributed by atoms with E-state index in [-0.39, 0.29) is 17.9 Å². The molecule has 5 rings (SSSR count). The first kappa shape index (κ1) is 22.5. The van der Waals surface area contributed by atoms with E-state index in [0.717, 1.165) is 11.3 Å². The number of carbonyl (C=O) groups is 2. The predicted octanol–water partition coefficient (Wildman–Crippen LogP) is 2.99. The zero-order valence-corrected chi connectivity index (χ0v) is 19.7. The minimum absolute atomic E-state index is 0.102. The van der Waals surface area contributed by atoms with E-state index in [2.05, 4.69) is 10.1 Å². The maximum Gasteiger partial charge on any atom is 0.274 e. The lowest BCUT2D eigenvalue weighted by molar-refractivity contribution is 0.0411. The number of carbonyl (C=O) groups excluding carboxylic acids is 2. The molecule has 10 nitrogen and oxygen atoms in total. The number of ether oxygens (including phenoxy) is 2. The highest BCUT2D eigenvalue weighted by Gasteiger charge is 2.32. The summed E-state index contributed by atoms with van der Waals surface area (Å²) in [4.78, 5) is 33.9. The summed E-state index contributed by atoms with van der Waals surface area (Å²) >= 11 is 0. The van der Waals surface area contributed by atoms with Crippen molar-refractivity contribution in [2.24, 2.45) is 0 Å². The number of rotatable bonds is 5. The Morgan fingerprint density at radius 3 is 2.57 bits per heavy atom. The second kappa shape index (κ2) is 9.13. The number of amides is 2. The second-order valence-electron chi connectivity index (χ2n) is 8.31. The highest BCUT2D eigenvalue weighted by atomic mass is 16.5. The highest BCUT2D eigenvalue weighted by molar-refractivity contribution is 5.95. The van der Waals surface area contributed by atoms with Crippen molar-refractivity contribution < 1.29 is 23.5 Å². The van der Waals surface area contributed by atoms with Crippen LogP contribution in [0.2, 0.25) is 0 Å². The van der Waals surface area contributed by atoms with E-state index in [1.165, 1.54) is 12.5 Å². The summed E-state index contributed by atoms with van der Waals surface area (Å²) in [6, 6.07) is 10.6. The van der Waals surface area contributed by atoms with Gasteiger partial charge >= 0.3 is 0 Å². The van der Waals surface area contributed by atoms with Crippen molar-refractivity contribution in [3.05, 3.63) is 66.4 Å². The molecule has 1 aliphatic heterocycles. The molecule has 10 heteroatoms. The average molecular weight is 476 g/mol. The van der Waals surface area contributed by atoms with Crippen molar-refractivity contribution in [3.63, 3.8) is 0 Å². The minimum atomic E-state index is -0.198. The quantitative estimate of drug-likeness (QED) is 0.437. The molecule has 3 aromatic heterocycles. The van der Waals surface area contributed by atoms with Gasteiger partial charge in [0.2, 0.25) is 0 Å². The third kappa shape index (κ3) is 4.07. The molecule has 0 spiro atoms. The van der Waals surface area contributed by atoms with Crippen LogP contribution < -0.4 is 9.47 Å². The number of hydrogen-bond donors (Lipinski definition) is 0. The lowest BCUT2D eigenvalue weighted by atomic mass is 10.1. The first-order valence-electron chi connectivity index (χ1n) is 11.2. The molecule has 180 valence electrons. The number of aromatic nitrogens is 3. The molecule has 0 aliphatic carbocycles. The molecule has 1 aliphatic rings. The summed E-state index contributed by atoms with van der Waals surface area (Å²) in [5, 5.41) is 4.58. The van der Waals surface area contributed by atoms with E-state index in [0.29, 0.717) is 48.0 Å². The minimum Gasteiger partial charge on any atom is -0.493 e. The molecule has 4 heterocycles. The first-order valence-corrected chi connectivity index (χ1v) is 11.2. The van der Waals surface area contributed by atoms with Gasteiger partial charge in [0.05, 0.1) is 31.7 Å². The molecular formula is C25H25N5O5. The van der Waals surface area contributed by atoms with Crippen molar-refractivity contribution in [1.29, 1.82) is 0 Å². The molecule has 4 aromatic rings. The summed E-state index contributed by atoms with van der Waals surface area (Å²) in [5.41, 5.74) is 2.97. The largest absolute Gasteiger partial charge is 0.493 e. The summed E-state index contributed by atoms with van der Waals surface area (Å²) in [7, 11) is 3.17. The van der Waals surface area contributed by atoms with Crippen LogP contribution >= 0.6 is 0 Å². The molecule has 1 aromatic carbocycles. The van der Waals surface area contributed by atoms with Crippen molar-refractivity contribution in [3.8, 4) is 22.8 Å². The smallest absolute Gasteiger partial charge is 0.274 e. The van der Waals surface area contributed by atoms with E-state index in [4.69, 9.17) is 13.9 Å². The van der Waals surface area contributed by atoms with Gasteiger partial charge in [0.1, 0.15) is 6.26 Å². The molecule has 1 atom stereocenters. The molecule has 0 saturated carbocycles. The lowest BCUT2D eigenvalue weighted by Crippen LogP contribution is -2.55. The van der Waals surface area contributed by atoms with Gasteiger partial charge < -0.3 is 23.7 Å². The predicted molar refractivity (Wildman–Crippen MR) is 127 cm³/mol. The second-order valence-corrected chi connectivity index (χ2v) is 8.31. The fourth-order valence-electron chi connectivity index (χ4n) is 4.37.